The molecule has 7 rings (SSSR count). The molecule has 4 aromatic rings. The summed E-state index contributed by atoms with van der Waals surface area (Å²) in [6.07, 6.45) is 5.63. The number of carbonyl (C=O) groups excluding carboxylic acids is 2. The number of benzene rings is 2. The Morgan fingerprint density at radius 1 is 1.09 bits per heavy atom. The molecule has 11 heteroatoms. The number of hydrogen-bond acceptors (Lipinski definition) is 7. The van der Waals surface area contributed by atoms with Crippen LogP contribution in [0.4, 0.5) is 0 Å². The van der Waals surface area contributed by atoms with Crippen molar-refractivity contribution in [3.63, 3.8) is 0 Å². The number of para-hydroxylation sites is 1. The van der Waals surface area contributed by atoms with E-state index < -0.39 is 11.6 Å². The first kappa shape index (κ1) is 30.1. The van der Waals surface area contributed by atoms with Crippen molar-refractivity contribution in [2.75, 3.05) is 20.2 Å². The molecule has 1 aliphatic carbocycles. The van der Waals surface area contributed by atoms with E-state index in [-0.39, 0.29) is 53.2 Å². The Labute approximate surface area is 275 Å². The Morgan fingerprint density at radius 2 is 1.86 bits per heavy atom. The Hall–Kier alpha value is -3.99. The fraction of sp³-hybridized carbons (Fsp3) is 0.303. The molecule has 4 heterocycles. The summed E-state index contributed by atoms with van der Waals surface area (Å²) >= 11 is 0. The summed E-state index contributed by atoms with van der Waals surface area (Å²) < 4.78 is 12.5. The zero-order valence-electron chi connectivity index (χ0n) is 23.5. The third kappa shape index (κ3) is 5.42. The molecule has 2 aromatic heterocycles. The van der Waals surface area contributed by atoms with E-state index in [1.165, 1.54) is 12.3 Å². The third-order valence-electron chi connectivity index (χ3n) is 8.76. The number of ether oxygens (including phenoxy) is 2. The number of piperidine rings is 1. The van der Waals surface area contributed by atoms with Crippen LogP contribution in [0.3, 0.4) is 0 Å². The number of amides is 1. The van der Waals surface area contributed by atoms with Gasteiger partial charge in [0.25, 0.3) is 5.91 Å². The van der Waals surface area contributed by atoms with Crippen LogP contribution in [-0.4, -0.2) is 88.0 Å². The molecule has 2 aliphatic heterocycles. The third-order valence-corrected chi connectivity index (χ3v) is 8.76. The van der Waals surface area contributed by atoms with E-state index in [1.54, 1.807) is 36.3 Å². The second-order valence-corrected chi connectivity index (χ2v) is 11.6. The molecule has 2 aromatic carbocycles. The quantitative estimate of drug-likeness (QED) is 0.205. The van der Waals surface area contributed by atoms with E-state index in [2.05, 4.69) is 6.07 Å². The van der Waals surface area contributed by atoms with Crippen LogP contribution in [0, 0.1) is 5.21 Å². The molecular weight excluding hydrogens is 573 g/mol. The van der Waals surface area contributed by atoms with Gasteiger partial charge in [0.05, 0.1) is 24.6 Å². The first-order valence-electron chi connectivity index (χ1n) is 14.3. The summed E-state index contributed by atoms with van der Waals surface area (Å²) in [4.78, 5) is 45.0. The molecule has 1 spiro atoms. The minimum atomic E-state index is -1.21. The maximum absolute atomic E-state index is 13.6. The number of carboxylic acid groups (broad SMARTS) is 1. The van der Waals surface area contributed by atoms with Gasteiger partial charge < -0.3 is 24.7 Å². The number of carbonyl (C=O) groups is 3. The molecule has 1 saturated carbocycles. The van der Waals surface area contributed by atoms with Crippen molar-refractivity contribution >= 4 is 58.1 Å². The molecule has 0 atom stereocenters. The summed E-state index contributed by atoms with van der Waals surface area (Å²) in [5.41, 5.74) is 2.77. The van der Waals surface area contributed by atoms with Gasteiger partial charge in [-0.25, -0.2) is 9.78 Å². The molecule has 1 amide bonds. The molecular formula is C33H30N3NaO7. The minimum absolute atomic E-state index is 0. The van der Waals surface area contributed by atoms with Crippen LogP contribution in [-0.2, 0) is 0 Å². The van der Waals surface area contributed by atoms with Crippen LogP contribution in [0.1, 0.15) is 74.8 Å². The number of carboxylic acids is 1. The van der Waals surface area contributed by atoms with Crippen molar-refractivity contribution < 1.29 is 33.7 Å². The number of rotatable bonds is 5. The number of aromatic carboxylic acids is 1. The van der Waals surface area contributed by atoms with Gasteiger partial charge in [-0.15, -0.1) is 0 Å². The number of likely N-dealkylation sites (tertiary alicyclic amines) is 1. The van der Waals surface area contributed by atoms with Crippen LogP contribution >= 0.6 is 0 Å². The normalized spacial score (nSPS) is 17.0. The van der Waals surface area contributed by atoms with Gasteiger partial charge in [0.15, 0.2) is 18.2 Å². The van der Waals surface area contributed by atoms with Crippen LogP contribution in [0.25, 0.3) is 22.0 Å². The van der Waals surface area contributed by atoms with Crippen molar-refractivity contribution in [3.8, 4) is 22.6 Å². The van der Waals surface area contributed by atoms with Gasteiger partial charge in [-0.05, 0) is 54.2 Å². The zero-order valence-corrected chi connectivity index (χ0v) is 23.5. The molecule has 1 N–H and O–H groups in total. The van der Waals surface area contributed by atoms with Crippen molar-refractivity contribution in [1.82, 2.24) is 9.88 Å². The summed E-state index contributed by atoms with van der Waals surface area (Å²) in [6.45, 7) is 0.828. The van der Waals surface area contributed by atoms with Crippen LogP contribution < -0.4 is 14.2 Å². The van der Waals surface area contributed by atoms with E-state index in [1.807, 2.05) is 12.1 Å². The summed E-state index contributed by atoms with van der Waals surface area (Å²) in [7, 11) is 1.60. The first-order chi connectivity index (χ1) is 20.7. The van der Waals surface area contributed by atoms with Gasteiger partial charge >= 0.3 is 35.5 Å². The number of fused-ring (bicyclic) bond motifs is 2. The van der Waals surface area contributed by atoms with Gasteiger partial charge in [0, 0.05) is 42.9 Å². The number of aromatic nitrogens is 2. The monoisotopic (exact) mass is 603 g/mol. The second-order valence-electron chi connectivity index (χ2n) is 11.6. The van der Waals surface area contributed by atoms with Crippen LogP contribution in [0.5, 0.6) is 11.5 Å². The first-order valence-corrected chi connectivity index (χ1v) is 14.3. The Kier molecular flexibility index (Phi) is 7.85. The Bertz CT molecular complexity index is 1830. The number of hydrogen-bond donors (Lipinski definition) is 1. The summed E-state index contributed by atoms with van der Waals surface area (Å²) in [5, 5.41) is 22.2. The van der Waals surface area contributed by atoms with E-state index in [0.29, 0.717) is 70.5 Å². The van der Waals surface area contributed by atoms with Crippen molar-refractivity contribution in [1.29, 1.82) is 0 Å². The molecule has 0 unspecified atom stereocenters. The number of methoxy groups -OCH3 is 1. The Morgan fingerprint density at radius 3 is 2.57 bits per heavy atom. The standard InChI is InChI=1S/C33H29N3O7.Na.H/c1-42-29-15-26(34-30-23(19-5-6-19)3-2-4-24(29)30)31(38)35-11-9-33(10-12-35)16-27(37)25-14-20(7-8-28(25)43-33)21-13-22(32(39)40)18-36(41)17-21;;/h2-4,7-8,13-15,17-19H,5-6,9-12,16H2,1H3,(H,39,40);;. The summed E-state index contributed by atoms with van der Waals surface area (Å²) in [6, 6.07) is 14.2. The predicted molar refractivity (Wildman–Crippen MR) is 163 cm³/mol. The molecule has 2 fully saturated rings. The van der Waals surface area contributed by atoms with Gasteiger partial charge in [-0.3, -0.25) is 9.59 Å². The van der Waals surface area contributed by atoms with E-state index in [9.17, 15) is 24.7 Å². The fourth-order valence-electron chi connectivity index (χ4n) is 6.30. The molecule has 1 saturated heterocycles. The SMILES string of the molecule is COc1cc(C(=O)N2CCC3(CC2)CC(=O)c2cc(-c4cc(C(=O)O)c[n+]([O-])c4)ccc2O3)nc2c(C3CC3)cccc12.[NaH]. The zero-order chi connectivity index (χ0) is 29.9. The van der Waals surface area contributed by atoms with Gasteiger partial charge in [0.2, 0.25) is 0 Å². The van der Waals surface area contributed by atoms with E-state index in [0.717, 1.165) is 35.5 Å². The average Bonchev–Trinajstić information content (AvgIpc) is 3.85. The van der Waals surface area contributed by atoms with Crippen molar-refractivity contribution in [2.45, 2.75) is 43.6 Å². The van der Waals surface area contributed by atoms with E-state index in [4.69, 9.17) is 14.5 Å². The van der Waals surface area contributed by atoms with Crippen LogP contribution in [0.2, 0.25) is 0 Å². The maximum atomic E-state index is 13.6. The Balaban J connectivity index is 0.00000343. The van der Waals surface area contributed by atoms with Crippen molar-refractivity contribution in [3.05, 3.63) is 88.5 Å². The molecule has 220 valence electrons. The van der Waals surface area contributed by atoms with Crippen LogP contribution in [0.15, 0.2) is 60.9 Å². The molecule has 44 heavy (non-hydrogen) atoms. The topological polar surface area (TPSA) is 133 Å². The number of Topliss-reactive ketones (excluding diaryl/α,β-unsaturated/α-hetero) is 1. The molecule has 10 nitrogen and oxygen atoms in total. The number of pyridine rings is 2. The van der Waals surface area contributed by atoms with Crippen molar-refractivity contribution in [2.24, 2.45) is 0 Å². The molecule has 3 aliphatic rings. The van der Waals surface area contributed by atoms with Gasteiger partial charge in [-0.2, -0.15) is 4.73 Å². The van der Waals surface area contributed by atoms with E-state index >= 15 is 0 Å². The van der Waals surface area contributed by atoms with Gasteiger partial charge in [0.1, 0.15) is 28.4 Å². The second kappa shape index (κ2) is 11.5. The van der Waals surface area contributed by atoms with Gasteiger partial charge in [-0.1, -0.05) is 18.2 Å². The fourth-order valence-corrected chi connectivity index (χ4v) is 6.30. The molecule has 0 bridgehead atoms. The summed E-state index contributed by atoms with van der Waals surface area (Å²) in [5.74, 6) is 0.0555. The average molecular weight is 604 g/mol. The number of ketones is 1. The predicted octanol–water partition coefficient (Wildman–Crippen LogP) is 4.11. The molecule has 0 radical (unpaired) electrons. The number of nitrogens with zero attached hydrogens (tertiary/aromatic N) is 3.